The van der Waals surface area contributed by atoms with Crippen molar-refractivity contribution >= 4 is 11.7 Å². The Labute approximate surface area is 106 Å². The molecule has 0 radical (unpaired) electrons. The number of hydrogen-bond acceptors (Lipinski definition) is 5. The molecule has 0 amide bonds. The molecule has 0 aromatic carbocycles. The summed E-state index contributed by atoms with van der Waals surface area (Å²) in [5.41, 5.74) is 1.00. The largest absolute Gasteiger partial charge is 0.363 e. The lowest BCUT2D eigenvalue weighted by molar-refractivity contribution is 0.381. The smallest absolute Gasteiger partial charge is 0.147 e. The minimum Gasteiger partial charge on any atom is -0.363 e. The molecule has 5 nitrogen and oxygen atoms in total. The highest BCUT2D eigenvalue weighted by Gasteiger charge is 2.24. The topological polar surface area (TPSA) is 52.9 Å². The van der Waals surface area contributed by atoms with Crippen LogP contribution in [0.15, 0.2) is 46.6 Å². The van der Waals surface area contributed by atoms with E-state index in [0.717, 1.165) is 23.9 Å². The van der Waals surface area contributed by atoms with Crippen LogP contribution in [0.3, 0.4) is 0 Å². The van der Waals surface area contributed by atoms with Crippen LogP contribution in [0.25, 0.3) is 0 Å². The number of pyridine rings is 1. The van der Waals surface area contributed by atoms with Gasteiger partial charge in [0.05, 0.1) is 24.8 Å². The van der Waals surface area contributed by atoms with Crippen molar-refractivity contribution in [1.82, 2.24) is 15.3 Å². The van der Waals surface area contributed by atoms with Crippen LogP contribution in [0.2, 0.25) is 0 Å². The number of nitrogens with zero attached hydrogens (tertiary/aromatic N) is 4. The lowest BCUT2D eigenvalue weighted by Crippen LogP contribution is -2.35. The van der Waals surface area contributed by atoms with Crippen molar-refractivity contribution in [2.24, 2.45) is 10.1 Å². The molecule has 1 aromatic rings. The van der Waals surface area contributed by atoms with Gasteiger partial charge >= 0.3 is 0 Å². The van der Waals surface area contributed by atoms with Crippen LogP contribution in [0, 0.1) is 0 Å². The van der Waals surface area contributed by atoms with Gasteiger partial charge in [0.25, 0.3) is 0 Å². The SMILES string of the molecule is CC1CN=C2C=CC(NCc3ccccn3)=NN21. The predicted molar refractivity (Wildman–Crippen MR) is 71.3 cm³/mol. The molecule has 2 aliphatic rings. The Hall–Kier alpha value is -2.17. The lowest BCUT2D eigenvalue weighted by atomic mass is 10.3. The maximum absolute atomic E-state index is 4.53. The van der Waals surface area contributed by atoms with Gasteiger partial charge in [-0.2, -0.15) is 5.10 Å². The second-order valence-electron chi connectivity index (χ2n) is 4.39. The van der Waals surface area contributed by atoms with Crippen LogP contribution in [-0.2, 0) is 6.54 Å². The second kappa shape index (κ2) is 4.60. The van der Waals surface area contributed by atoms with E-state index in [1.54, 1.807) is 6.20 Å². The predicted octanol–water partition coefficient (Wildman–Crippen LogP) is 1.16. The highest BCUT2D eigenvalue weighted by atomic mass is 15.5. The fraction of sp³-hybridized carbons (Fsp3) is 0.308. The summed E-state index contributed by atoms with van der Waals surface area (Å²) < 4.78 is 0. The second-order valence-corrected chi connectivity index (χ2v) is 4.39. The number of aliphatic imine (C=N–C) groups is 1. The summed E-state index contributed by atoms with van der Waals surface area (Å²) in [6.07, 6.45) is 5.75. The number of fused-ring (bicyclic) bond motifs is 1. The van der Waals surface area contributed by atoms with Crippen molar-refractivity contribution in [3.8, 4) is 0 Å². The van der Waals surface area contributed by atoms with Gasteiger partial charge in [0, 0.05) is 6.20 Å². The summed E-state index contributed by atoms with van der Waals surface area (Å²) in [7, 11) is 0. The van der Waals surface area contributed by atoms with Gasteiger partial charge in [0.1, 0.15) is 11.7 Å². The van der Waals surface area contributed by atoms with Gasteiger partial charge in [0.15, 0.2) is 0 Å². The first-order chi connectivity index (χ1) is 8.83. The van der Waals surface area contributed by atoms with E-state index >= 15 is 0 Å². The fourth-order valence-corrected chi connectivity index (χ4v) is 1.96. The molecule has 3 heterocycles. The van der Waals surface area contributed by atoms with E-state index in [0.29, 0.717) is 12.6 Å². The van der Waals surface area contributed by atoms with Crippen LogP contribution < -0.4 is 5.32 Å². The molecule has 2 aliphatic heterocycles. The zero-order chi connectivity index (χ0) is 12.4. The van der Waals surface area contributed by atoms with Crippen molar-refractivity contribution in [2.75, 3.05) is 6.54 Å². The summed E-state index contributed by atoms with van der Waals surface area (Å²) >= 11 is 0. The number of rotatable bonds is 2. The maximum atomic E-state index is 4.53. The van der Waals surface area contributed by atoms with E-state index in [1.807, 2.05) is 35.4 Å². The summed E-state index contributed by atoms with van der Waals surface area (Å²) in [4.78, 5) is 8.67. The van der Waals surface area contributed by atoms with Crippen molar-refractivity contribution in [3.05, 3.63) is 42.2 Å². The molecule has 1 aromatic heterocycles. The van der Waals surface area contributed by atoms with Crippen LogP contribution in [0.5, 0.6) is 0 Å². The normalized spacial score (nSPS) is 21.4. The van der Waals surface area contributed by atoms with Gasteiger partial charge in [-0.1, -0.05) is 6.07 Å². The first kappa shape index (κ1) is 11.0. The molecular formula is C13H15N5. The average Bonchev–Trinajstić information content (AvgIpc) is 2.79. The molecule has 0 fully saturated rings. The number of hydrogen-bond donors (Lipinski definition) is 1. The van der Waals surface area contributed by atoms with E-state index in [2.05, 4.69) is 27.3 Å². The van der Waals surface area contributed by atoms with Gasteiger partial charge in [-0.3, -0.25) is 9.98 Å². The van der Waals surface area contributed by atoms with Crippen LogP contribution in [-0.4, -0.2) is 34.3 Å². The Bertz CT molecular complexity index is 517. The highest BCUT2D eigenvalue weighted by molar-refractivity contribution is 6.05. The zero-order valence-corrected chi connectivity index (χ0v) is 10.2. The molecule has 3 rings (SSSR count). The number of aromatic nitrogens is 1. The summed E-state index contributed by atoms with van der Waals surface area (Å²) in [6.45, 7) is 3.62. The first-order valence-corrected chi connectivity index (χ1v) is 6.07. The molecule has 1 N–H and O–H groups in total. The van der Waals surface area contributed by atoms with Crippen LogP contribution in [0.4, 0.5) is 0 Å². The third-order valence-corrected chi connectivity index (χ3v) is 2.95. The van der Waals surface area contributed by atoms with Gasteiger partial charge in [0.2, 0.25) is 0 Å². The molecule has 1 unspecified atom stereocenters. The standard InChI is InChI=1S/C13H15N5/c1-10-8-16-13-6-5-12(17-18(10)13)15-9-11-4-2-3-7-14-11/h2-7,10H,8-9H2,1H3,(H,15,17). The Morgan fingerprint density at radius 2 is 2.33 bits per heavy atom. The molecular weight excluding hydrogens is 226 g/mol. The number of nitrogens with one attached hydrogen (secondary N) is 1. The molecule has 5 heteroatoms. The number of hydrazone groups is 1. The van der Waals surface area contributed by atoms with Gasteiger partial charge < -0.3 is 5.32 Å². The lowest BCUT2D eigenvalue weighted by Gasteiger charge is -2.22. The highest BCUT2D eigenvalue weighted by Crippen LogP contribution is 2.14. The third-order valence-electron chi connectivity index (χ3n) is 2.95. The summed E-state index contributed by atoms with van der Waals surface area (Å²) in [6, 6.07) is 6.23. The van der Waals surface area contributed by atoms with Crippen LogP contribution >= 0.6 is 0 Å². The first-order valence-electron chi connectivity index (χ1n) is 6.07. The van der Waals surface area contributed by atoms with Crippen molar-refractivity contribution < 1.29 is 0 Å². The monoisotopic (exact) mass is 241 g/mol. The molecule has 0 aliphatic carbocycles. The Morgan fingerprint density at radius 1 is 1.39 bits per heavy atom. The number of amidine groups is 2. The van der Waals surface area contributed by atoms with E-state index in [4.69, 9.17) is 0 Å². The summed E-state index contributed by atoms with van der Waals surface area (Å²) in [5.74, 6) is 1.80. The summed E-state index contributed by atoms with van der Waals surface area (Å²) in [5, 5.41) is 9.77. The van der Waals surface area contributed by atoms with E-state index in [-0.39, 0.29) is 0 Å². The van der Waals surface area contributed by atoms with Crippen molar-refractivity contribution in [1.29, 1.82) is 0 Å². The van der Waals surface area contributed by atoms with E-state index in [9.17, 15) is 0 Å². The average molecular weight is 241 g/mol. The maximum Gasteiger partial charge on any atom is 0.147 e. The molecule has 1 atom stereocenters. The van der Waals surface area contributed by atoms with Crippen LogP contribution in [0.1, 0.15) is 12.6 Å². The minimum atomic E-state index is 0.344. The minimum absolute atomic E-state index is 0.344. The Balaban J connectivity index is 1.66. The molecule has 0 spiro atoms. The fourth-order valence-electron chi connectivity index (χ4n) is 1.96. The molecule has 92 valence electrons. The van der Waals surface area contributed by atoms with E-state index in [1.165, 1.54) is 0 Å². The van der Waals surface area contributed by atoms with Crippen molar-refractivity contribution in [3.63, 3.8) is 0 Å². The van der Waals surface area contributed by atoms with Gasteiger partial charge in [-0.25, -0.2) is 5.01 Å². The molecule has 0 saturated heterocycles. The van der Waals surface area contributed by atoms with Gasteiger partial charge in [-0.05, 0) is 31.2 Å². The molecule has 0 saturated carbocycles. The van der Waals surface area contributed by atoms with Gasteiger partial charge in [-0.15, -0.1) is 0 Å². The Morgan fingerprint density at radius 3 is 3.17 bits per heavy atom. The quantitative estimate of drug-likeness (QED) is 0.845. The molecule has 0 bridgehead atoms. The zero-order valence-electron chi connectivity index (χ0n) is 10.2. The van der Waals surface area contributed by atoms with Crippen molar-refractivity contribution in [2.45, 2.75) is 19.5 Å². The molecule has 18 heavy (non-hydrogen) atoms. The third kappa shape index (κ3) is 2.11. The Kier molecular flexibility index (Phi) is 2.80. The van der Waals surface area contributed by atoms with E-state index < -0.39 is 0 Å².